The minimum absolute atomic E-state index is 0.0450. The second kappa shape index (κ2) is 12.1. The number of rotatable bonds is 6. The van der Waals surface area contributed by atoms with Crippen LogP contribution in [0.4, 0.5) is 34.9 Å². The van der Waals surface area contributed by atoms with Gasteiger partial charge in [-0.25, -0.2) is 0 Å². The highest BCUT2D eigenvalue weighted by Gasteiger charge is 2.31. The molecule has 0 atom stereocenters. The van der Waals surface area contributed by atoms with Gasteiger partial charge in [-0.3, -0.25) is 4.79 Å². The van der Waals surface area contributed by atoms with Crippen LogP contribution in [0.15, 0.2) is 42.5 Å². The average molecular weight is 584 g/mol. The van der Waals surface area contributed by atoms with Gasteiger partial charge in [-0.2, -0.15) is 15.0 Å². The van der Waals surface area contributed by atoms with Gasteiger partial charge in [-0.05, 0) is 75.6 Å². The maximum Gasteiger partial charge on any atom is 0.257 e. The highest BCUT2D eigenvalue weighted by molar-refractivity contribution is 5.97. The van der Waals surface area contributed by atoms with Gasteiger partial charge in [0, 0.05) is 57.1 Å². The number of phenolic OH excluding ortho intramolecular Hbond substituents is 1. The van der Waals surface area contributed by atoms with Gasteiger partial charge in [-0.15, -0.1) is 0 Å². The molecule has 3 saturated heterocycles. The molecule has 43 heavy (non-hydrogen) atoms. The SMILES string of the molecule is O=C(c1ccc(Nc2nc(N3CCCCC3)nc(N3CCCCC3)n2)cc1O)N1CCC(N2CNc3ccccc32)CC1. The summed E-state index contributed by atoms with van der Waals surface area (Å²) in [6, 6.07) is 13.9. The van der Waals surface area contributed by atoms with Crippen LogP contribution in [0.1, 0.15) is 61.7 Å². The number of fused-ring (bicyclic) bond motifs is 1. The first kappa shape index (κ1) is 27.5. The van der Waals surface area contributed by atoms with Crippen LogP contribution >= 0.6 is 0 Å². The standard InChI is InChI=1S/C32H41N9O2/c42-28-21-23(34-30-35-31(39-15-5-1-6-16-39)37-32(36-30)40-17-7-2-8-18-40)11-12-25(28)29(43)38-19-13-24(14-20-38)41-22-33-26-9-3-4-10-27(26)41/h3-4,9-12,21,24,33,42H,1-2,5-8,13-20,22H2,(H,34,35,36,37). The number of hydrogen-bond acceptors (Lipinski definition) is 10. The highest BCUT2D eigenvalue weighted by atomic mass is 16.3. The summed E-state index contributed by atoms with van der Waals surface area (Å²) in [5.74, 6) is 1.67. The third kappa shape index (κ3) is 5.85. The third-order valence-electron chi connectivity index (χ3n) is 9.22. The molecule has 0 bridgehead atoms. The van der Waals surface area contributed by atoms with Gasteiger partial charge < -0.3 is 35.3 Å². The van der Waals surface area contributed by atoms with Gasteiger partial charge in [0.25, 0.3) is 5.91 Å². The molecule has 11 nitrogen and oxygen atoms in total. The van der Waals surface area contributed by atoms with Crippen LogP contribution in [-0.4, -0.2) is 82.8 Å². The Balaban J connectivity index is 1.03. The number of carbonyl (C=O) groups excluding carboxylic acids is 1. The largest absolute Gasteiger partial charge is 0.507 e. The van der Waals surface area contributed by atoms with Crippen LogP contribution in [0.3, 0.4) is 0 Å². The Morgan fingerprint density at radius 1 is 0.814 bits per heavy atom. The molecular formula is C32H41N9O2. The van der Waals surface area contributed by atoms with Crippen molar-refractivity contribution >= 4 is 40.8 Å². The Hall–Kier alpha value is -4.28. The molecule has 1 amide bonds. The monoisotopic (exact) mass is 583 g/mol. The first-order valence-corrected chi connectivity index (χ1v) is 15.9. The molecule has 4 aliphatic heterocycles. The van der Waals surface area contributed by atoms with E-state index in [4.69, 9.17) is 15.0 Å². The number of para-hydroxylation sites is 2. The molecule has 7 rings (SSSR count). The quantitative estimate of drug-likeness (QED) is 0.374. The van der Waals surface area contributed by atoms with Gasteiger partial charge >= 0.3 is 0 Å². The molecule has 0 saturated carbocycles. The zero-order valence-corrected chi connectivity index (χ0v) is 24.7. The van der Waals surface area contributed by atoms with E-state index in [1.807, 2.05) is 17.0 Å². The summed E-state index contributed by atoms with van der Waals surface area (Å²) >= 11 is 0. The van der Waals surface area contributed by atoms with E-state index in [1.54, 1.807) is 12.1 Å². The lowest BCUT2D eigenvalue weighted by molar-refractivity contribution is 0.0710. The van der Waals surface area contributed by atoms with Gasteiger partial charge in [-0.1, -0.05) is 12.1 Å². The molecule has 2 aromatic carbocycles. The molecule has 1 aromatic heterocycles. The van der Waals surface area contributed by atoms with Crippen molar-refractivity contribution in [3.63, 3.8) is 0 Å². The molecule has 3 aromatic rings. The van der Waals surface area contributed by atoms with Crippen molar-refractivity contribution in [1.82, 2.24) is 19.9 Å². The van der Waals surface area contributed by atoms with Crippen molar-refractivity contribution in [2.24, 2.45) is 0 Å². The van der Waals surface area contributed by atoms with Gasteiger partial charge in [0.2, 0.25) is 17.8 Å². The fraction of sp³-hybridized carbons (Fsp3) is 0.500. The second-order valence-corrected chi connectivity index (χ2v) is 12.1. The van der Waals surface area contributed by atoms with E-state index in [-0.39, 0.29) is 11.7 Å². The smallest absolute Gasteiger partial charge is 0.257 e. The lowest BCUT2D eigenvalue weighted by Gasteiger charge is -2.37. The van der Waals surface area contributed by atoms with Crippen LogP contribution in [0.25, 0.3) is 0 Å². The first-order valence-electron chi connectivity index (χ1n) is 15.9. The average Bonchev–Trinajstić information content (AvgIpc) is 3.50. The molecule has 0 radical (unpaired) electrons. The molecule has 5 heterocycles. The number of aromatic hydroxyl groups is 1. The van der Waals surface area contributed by atoms with E-state index >= 15 is 0 Å². The number of piperidine rings is 3. The molecule has 0 aliphatic carbocycles. The Morgan fingerprint density at radius 3 is 2.12 bits per heavy atom. The Labute approximate surface area is 252 Å². The minimum atomic E-state index is -0.137. The maximum atomic E-state index is 13.4. The van der Waals surface area contributed by atoms with Gasteiger partial charge in [0.05, 0.1) is 23.6 Å². The predicted octanol–water partition coefficient (Wildman–Crippen LogP) is 4.80. The predicted molar refractivity (Wildman–Crippen MR) is 170 cm³/mol. The van der Waals surface area contributed by atoms with Crippen LogP contribution in [-0.2, 0) is 0 Å². The van der Waals surface area contributed by atoms with Crippen LogP contribution in [0, 0.1) is 0 Å². The van der Waals surface area contributed by atoms with Crippen molar-refractivity contribution < 1.29 is 9.90 Å². The summed E-state index contributed by atoms with van der Waals surface area (Å²) in [4.78, 5) is 36.6. The molecule has 3 N–H and O–H groups in total. The number of benzene rings is 2. The van der Waals surface area contributed by atoms with Crippen LogP contribution < -0.4 is 25.3 Å². The third-order valence-corrected chi connectivity index (χ3v) is 9.22. The fourth-order valence-corrected chi connectivity index (χ4v) is 6.81. The molecule has 4 aliphatic rings. The summed E-state index contributed by atoms with van der Waals surface area (Å²) in [5.41, 5.74) is 3.35. The summed E-state index contributed by atoms with van der Waals surface area (Å²) < 4.78 is 0. The van der Waals surface area contributed by atoms with Crippen molar-refractivity contribution in [3.05, 3.63) is 48.0 Å². The molecule has 0 unspecified atom stereocenters. The number of phenols is 1. The van der Waals surface area contributed by atoms with Crippen LogP contribution in [0.2, 0.25) is 0 Å². The van der Waals surface area contributed by atoms with Crippen LogP contribution in [0.5, 0.6) is 5.75 Å². The number of likely N-dealkylation sites (tertiary alicyclic amines) is 1. The molecule has 11 heteroatoms. The van der Waals surface area contributed by atoms with Crippen molar-refractivity contribution in [3.8, 4) is 5.75 Å². The number of aromatic nitrogens is 3. The van der Waals surface area contributed by atoms with Gasteiger partial charge in [0.15, 0.2) is 0 Å². The Bertz CT molecular complexity index is 1410. The normalized spacial score (nSPS) is 19.3. The molecule has 226 valence electrons. The van der Waals surface area contributed by atoms with E-state index in [2.05, 4.69) is 43.5 Å². The van der Waals surface area contributed by atoms with E-state index in [1.165, 1.54) is 24.2 Å². The summed E-state index contributed by atoms with van der Waals surface area (Å²) in [5, 5.41) is 17.7. The van der Waals surface area contributed by atoms with Crippen molar-refractivity contribution in [1.29, 1.82) is 0 Å². The number of amides is 1. The van der Waals surface area contributed by atoms with Gasteiger partial charge in [0.1, 0.15) is 5.75 Å². The minimum Gasteiger partial charge on any atom is -0.507 e. The summed E-state index contributed by atoms with van der Waals surface area (Å²) in [6.45, 7) is 5.89. The Morgan fingerprint density at radius 2 is 1.47 bits per heavy atom. The van der Waals surface area contributed by atoms with Crippen molar-refractivity contribution in [2.45, 2.75) is 57.4 Å². The fourth-order valence-electron chi connectivity index (χ4n) is 6.81. The first-order chi connectivity index (χ1) is 21.1. The van der Waals surface area contributed by atoms with E-state index in [0.717, 1.165) is 71.4 Å². The summed E-state index contributed by atoms with van der Waals surface area (Å²) in [6.07, 6.45) is 8.79. The molecule has 0 spiro atoms. The maximum absolute atomic E-state index is 13.4. The van der Waals surface area contributed by atoms with E-state index < -0.39 is 0 Å². The summed E-state index contributed by atoms with van der Waals surface area (Å²) in [7, 11) is 0. The lowest BCUT2D eigenvalue weighted by Crippen LogP contribution is -2.46. The number of nitrogens with zero attached hydrogens (tertiary/aromatic N) is 7. The zero-order valence-electron chi connectivity index (χ0n) is 24.7. The molecular weight excluding hydrogens is 542 g/mol. The second-order valence-electron chi connectivity index (χ2n) is 12.1. The molecule has 3 fully saturated rings. The van der Waals surface area contributed by atoms with E-state index in [9.17, 15) is 9.90 Å². The Kier molecular flexibility index (Phi) is 7.78. The number of carbonyl (C=O) groups is 1. The number of nitrogens with one attached hydrogen (secondary N) is 2. The highest BCUT2D eigenvalue weighted by Crippen LogP contribution is 2.35. The van der Waals surface area contributed by atoms with E-state index in [0.29, 0.717) is 48.2 Å². The topological polar surface area (TPSA) is 113 Å². The lowest BCUT2D eigenvalue weighted by atomic mass is 10.0. The number of hydrogen-bond donors (Lipinski definition) is 3. The zero-order chi connectivity index (χ0) is 29.2. The number of anilines is 6. The van der Waals surface area contributed by atoms with Crippen molar-refractivity contribution in [2.75, 3.05) is 71.3 Å².